The molecule has 3 aromatic carbocycles. The maximum atomic E-state index is 4.73. The van der Waals surface area contributed by atoms with Gasteiger partial charge in [-0.2, -0.15) is 0 Å². The summed E-state index contributed by atoms with van der Waals surface area (Å²) in [7, 11) is 0. The zero-order valence-electron chi connectivity index (χ0n) is 25.0. The van der Waals surface area contributed by atoms with E-state index in [1.165, 1.54) is 32.2 Å². The van der Waals surface area contributed by atoms with Crippen molar-refractivity contribution in [3.63, 3.8) is 0 Å². The van der Waals surface area contributed by atoms with Crippen molar-refractivity contribution in [2.75, 3.05) is 0 Å². The van der Waals surface area contributed by atoms with E-state index in [0.29, 0.717) is 5.92 Å². The van der Waals surface area contributed by atoms with Gasteiger partial charge in [0, 0.05) is 37.3 Å². The van der Waals surface area contributed by atoms with Crippen molar-refractivity contribution < 1.29 is 20.1 Å². The number of pyridine rings is 2. The van der Waals surface area contributed by atoms with Crippen LogP contribution in [-0.2, 0) is 25.5 Å². The van der Waals surface area contributed by atoms with E-state index in [0.717, 1.165) is 22.5 Å². The fourth-order valence-corrected chi connectivity index (χ4v) is 7.72. The summed E-state index contributed by atoms with van der Waals surface area (Å²) in [5, 5.41) is 0. The molecule has 0 bridgehead atoms. The number of aromatic nitrogens is 2. The van der Waals surface area contributed by atoms with Crippen LogP contribution < -0.4 is 4.40 Å². The van der Waals surface area contributed by atoms with Gasteiger partial charge < -0.3 is 4.98 Å². The van der Waals surface area contributed by atoms with Gasteiger partial charge in [-0.15, -0.1) is 35.9 Å². The molecule has 4 heteroatoms. The zero-order valence-corrected chi connectivity index (χ0v) is 29.5. The number of benzene rings is 3. The van der Waals surface area contributed by atoms with E-state index in [1.807, 2.05) is 54.9 Å². The van der Waals surface area contributed by atoms with Crippen molar-refractivity contribution in [1.29, 1.82) is 0 Å². The summed E-state index contributed by atoms with van der Waals surface area (Å²) in [6.07, 6.45) is 4.08. The topological polar surface area (TPSA) is 25.8 Å². The molecular weight excluding hydrogens is 737 g/mol. The Morgan fingerprint density at radius 2 is 1.34 bits per heavy atom. The molecule has 0 aliphatic heterocycles. The molecule has 0 atom stereocenters. The summed E-state index contributed by atoms with van der Waals surface area (Å²) in [5.74, 6) is 7.66. The van der Waals surface area contributed by atoms with Crippen molar-refractivity contribution in [3.8, 4) is 33.6 Å². The third-order valence-electron chi connectivity index (χ3n) is 7.81. The van der Waals surface area contributed by atoms with Crippen molar-refractivity contribution in [1.82, 2.24) is 9.97 Å². The molecule has 2 nitrogen and oxygen atoms in total. The number of nitrogens with zero attached hydrogens (tertiary/aromatic N) is 2. The molecule has 1 radical (unpaired) electrons. The molecule has 41 heavy (non-hydrogen) atoms. The van der Waals surface area contributed by atoms with Crippen molar-refractivity contribution in [3.05, 3.63) is 126 Å². The van der Waals surface area contributed by atoms with Crippen LogP contribution in [0.5, 0.6) is 0 Å². The molecule has 0 fully saturated rings. The van der Waals surface area contributed by atoms with E-state index in [4.69, 9.17) is 4.98 Å². The predicted molar refractivity (Wildman–Crippen MR) is 172 cm³/mol. The molecule has 2 heterocycles. The van der Waals surface area contributed by atoms with Crippen LogP contribution in [0.4, 0.5) is 0 Å². The first-order chi connectivity index (χ1) is 19.1. The van der Waals surface area contributed by atoms with Crippen LogP contribution in [0.25, 0.3) is 33.6 Å². The first-order valence-electron chi connectivity index (χ1n) is 14.1. The SMILES string of the molecule is CC(C)c1cccc2c1C(C)(C)c1cc(-c3[c-]cccc3)ncc1-2.[CH3][Ge]([CH3])([CH3])[c]1ccc(-c2[c-]cccc2)nc1.[Ir]. The first kappa shape index (κ1) is 31.1. The van der Waals surface area contributed by atoms with Gasteiger partial charge in [0.2, 0.25) is 0 Å². The Morgan fingerprint density at radius 1 is 0.707 bits per heavy atom. The molecule has 2 aromatic heterocycles. The van der Waals surface area contributed by atoms with Crippen LogP contribution in [-0.4, -0.2) is 23.2 Å². The number of hydrogen-bond donors (Lipinski definition) is 0. The summed E-state index contributed by atoms with van der Waals surface area (Å²) in [4.78, 5) is 9.26. The van der Waals surface area contributed by atoms with E-state index >= 15 is 0 Å². The smallest absolute Gasteiger partial charge is 0 e. The molecule has 0 amide bonds. The van der Waals surface area contributed by atoms with Crippen LogP contribution in [0, 0.1) is 12.1 Å². The molecule has 0 unspecified atom stereocenters. The molecule has 1 aliphatic rings. The third-order valence-corrected chi connectivity index (χ3v) is 12.1. The van der Waals surface area contributed by atoms with Gasteiger partial charge in [-0.1, -0.05) is 52.0 Å². The summed E-state index contributed by atoms with van der Waals surface area (Å²) in [6, 6.07) is 35.8. The molecule has 211 valence electrons. The number of fused-ring (bicyclic) bond motifs is 3. The Hall–Kier alpha value is -2.85. The average Bonchev–Trinajstić information content (AvgIpc) is 3.20. The third kappa shape index (κ3) is 6.48. The van der Waals surface area contributed by atoms with Crippen LogP contribution >= 0.6 is 0 Å². The number of rotatable bonds is 4. The summed E-state index contributed by atoms with van der Waals surface area (Å²) in [5.41, 5.74) is 11.0. The Bertz CT molecular complexity index is 1600. The van der Waals surface area contributed by atoms with Gasteiger partial charge >= 0.3 is 99.8 Å². The average molecular weight is 776 g/mol. The van der Waals surface area contributed by atoms with Gasteiger partial charge in [0.05, 0.1) is 0 Å². The van der Waals surface area contributed by atoms with E-state index in [1.54, 1.807) is 0 Å². The minimum Gasteiger partial charge on any atom is 0 e. The van der Waals surface area contributed by atoms with E-state index < -0.39 is 13.3 Å². The molecule has 0 spiro atoms. The summed E-state index contributed by atoms with van der Waals surface area (Å²) in [6.45, 7) is 9.22. The molecule has 0 saturated carbocycles. The molecule has 0 N–H and O–H groups in total. The largest absolute Gasteiger partial charge is 0 e. The van der Waals surface area contributed by atoms with Gasteiger partial charge in [-0.25, -0.2) is 0 Å². The zero-order chi connectivity index (χ0) is 28.5. The molecule has 0 saturated heterocycles. The second-order valence-corrected chi connectivity index (χ2v) is 23.1. The first-order valence-corrected chi connectivity index (χ1v) is 21.5. The van der Waals surface area contributed by atoms with Crippen molar-refractivity contribution >= 4 is 17.7 Å². The minimum atomic E-state index is -1.72. The quantitative estimate of drug-likeness (QED) is 0.135. The maximum Gasteiger partial charge on any atom is 0 e. The van der Waals surface area contributed by atoms with Gasteiger partial charge in [-0.3, -0.25) is 0 Å². The summed E-state index contributed by atoms with van der Waals surface area (Å²) >= 11 is -1.72. The van der Waals surface area contributed by atoms with Gasteiger partial charge in [-0.05, 0) is 33.9 Å². The summed E-state index contributed by atoms with van der Waals surface area (Å²) < 4.78 is 1.44. The van der Waals surface area contributed by atoms with Crippen LogP contribution in [0.3, 0.4) is 0 Å². The van der Waals surface area contributed by atoms with E-state index in [2.05, 4.69) is 105 Å². The fraction of sp³-hybridized carbons (Fsp3) is 0.243. The van der Waals surface area contributed by atoms with Gasteiger partial charge in [0.1, 0.15) is 0 Å². The minimum absolute atomic E-state index is 0. The van der Waals surface area contributed by atoms with E-state index in [-0.39, 0.29) is 25.5 Å². The molecule has 5 aromatic rings. The van der Waals surface area contributed by atoms with Crippen LogP contribution in [0.15, 0.2) is 97.3 Å². The number of hydrogen-bond acceptors (Lipinski definition) is 2. The van der Waals surface area contributed by atoms with Gasteiger partial charge in [0.15, 0.2) is 0 Å². The Balaban J connectivity index is 0.000000200. The second kappa shape index (κ2) is 12.6. The molecule has 6 rings (SSSR count). The van der Waals surface area contributed by atoms with Crippen molar-refractivity contribution in [2.45, 2.75) is 56.3 Å². The predicted octanol–water partition coefficient (Wildman–Crippen LogP) is 9.07. The van der Waals surface area contributed by atoms with Crippen molar-refractivity contribution in [2.24, 2.45) is 0 Å². The van der Waals surface area contributed by atoms with Gasteiger partial charge in [0.25, 0.3) is 0 Å². The fourth-order valence-electron chi connectivity index (χ4n) is 5.54. The standard InChI is InChI=1S/C23H22N.C14H16GeN.Ir/c1-15(2)17-11-8-12-18-19-14-24-21(16-9-6-5-7-10-16)13-20(19)23(3,4)22(17)18;1-15(2,3)13-9-10-14(16-11-13)12-7-5-4-6-8-12;/h5-9,11-15H,1-4H3;4-7,9-11H,1-3H3;/q2*-1;. The molecular formula is C37H38GeIrN2-2. The monoisotopic (exact) mass is 777 g/mol. The normalized spacial score (nSPS) is 13.0. The van der Waals surface area contributed by atoms with Crippen LogP contribution in [0.1, 0.15) is 50.3 Å². The maximum absolute atomic E-state index is 4.73. The van der Waals surface area contributed by atoms with Crippen LogP contribution in [0.2, 0.25) is 17.3 Å². The Labute approximate surface area is 262 Å². The van der Waals surface area contributed by atoms with E-state index in [9.17, 15) is 0 Å². The second-order valence-electron chi connectivity index (χ2n) is 12.4. The Morgan fingerprint density at radius 3 is 1.88 bits per heavy atom. The molecule has 1 aliphatic carbocycles. The Kier molecular flexibility index (Phi) is 9.53.